The standard InChI is InChI=1S/C11H22N4O/c1-4-6-8-15(3)11-14-13-10(16-11)9-12-7-5-2/h12H,4-9H2,1-3H3. The number of anilines is 1. The Hall–Kier alpha value is -1.10. The first-order valence-corrected chi connectivity index (χ1v) is 6.02. The van der Waals surface area contributed by atoms with E-state index in [0.717, 1.165) is 25.9 Å². The van der Waals surface area contributed by atoms with Crippen LogP contribution in [0.25, 0.3) is 0 Å². The number of nitrogens with one attached hydrogen (secondary N) is 1. The van der Waals surface area contributed by atoms with Gasteiger partial charge in [-0.1, -0.05) is 25.4 Å². The zero-order chi connectivity index (χ0) is 11.8. The van der Waals surface area contributed by atoms with Crippen LogP contribution in [0.3, 0.4) is 0 Å². The average molecular weight is 226 g/mol. The first-order chi connectivity index (χ1) is 7.77. The number of aromatic nitrogens is 2. The van der Waals surface area contributed by atoms with Gasteiger partial charge in [-0.25, -0.2) is 0 Å². The second-order valence-electron chi connectivity index (χ2n) is 3.93. The third-order valence-corrected chi connectivity index (χ3v) is 2.33. The molecule has 0 fully saturated rings. The van der Waals surface area contributed by atoms with E-state index in [4.69, 9.17) is 4.42 Å². The van der Waals surface area contributed by atoms with Crippen LogP contribution in [0.2, 0.25) is 0 Å². The van der Waals surface area contributed by atoms with E-state index in [1.54, 1.807) is 0 Å². The normalized spacial score (nSPS) is 10.7. The molecule has 0 saturated carbocycles. The molecule has 5 nitrogen and oxygen atoms in total. The number of hydrogen-bond acceptors (Lipinski definition) is 5. The van der Waals surface area contributed by atoms with Crippen molar-refractivity contribution in [3.05, 3.63) is 5.89 Å². The van der Waals surface area contributed by atoms with Crippen LogP contribution in [0.5, 0.6) is 0 Å². The number of hydrogen-bond donors (Lipinski definition) is 1. The van der Waals surface area contributed by atoms with Gasteiger partial charge in [-0.15, -0.1) is 5.10 Å². The fourth-order valence-electron chi connectivity index (χ4n) is 1.33. The molecule has 0 radical (unpaired) electrons. The topological polar surface area (TPSA) is 54.2 Å². The Labute approximate surface area is 97.2 Å². The molecule has 16 heavy (non-hydrogen) atoms. The van der Waals surface area contributed by atoms with Crippen LogP contribution in [0, 0.1) is 0 Å². The fraction of sp³-hybridized carbons (Fsp3) is 0.818. The zero-order valence-corrected chi connectivity index (χ0v) is 10.5. The number of unbranched alkanes of at least 4 members (excludes halogenated alkanes) is 1. The summed E-state index contributed by atoms with van der Waals surface area (Å²) >= 11 is 0. The van der Waals surface area contributed by atoms with E-state index in [1.807, 2.05) is 11.9 Å². The molecule has 1 heterocycles. The summed E-state index contributed by atoms with van der Waals surface area (Å²) in [7, 11) is 1.98. The third kappa shape index (κ3) is 4.18. The Morgan fingerprint density at radius 1 is 1.25 bits per heavy atom. The van der Waals surface area contributed by atoms with Crippen LogP contribution in [0.1, 0.15) is 39.0 Å². The minimum absolute atomic E-state index is 0.613. The van der Waals surface area contributed by atoms with Gasteiger partial charge in [0.05, 0.1) is 6.54 Å². The minimum Gasteiger partial charge on any atom is -0.407 e. The van der Waals surface area contributed by atoms with E-state index in [-0.39, 0.29) is 0 Å². The molecule has 0 aliphatic heterocycles. The Morgan fingerprint density at radius 3 is 2.75 bits per heavy atom. The summed E-state index contributed by atoms with van der Waals surface area (Å²) in [5, 5.41) is 11.2. The molecular formula is C11H22N4O. The molecule has 0 unspecified atom stereocenters. The Bertz CT molecular complexity index is 287. The minimum atomic E-state index is 0.613. The maximum Gasteiger partial charge on any atom is 0.317 e. The van der Waals surface area contributed by atoms with Crippen LogP contribution in [0.4, 0.5) is 6.01 Å². The number of nitrogens with zero attached hydrogens (tertiary/aromatic N) is 3. The van der Waals surface area contributed by atoms with Crippen molar-refractivity contribution < 1.29 is 4.42 Å². The molecule has 0 atom stereocenters. The fourth-order valence-corrected chi connectivity index (χ4v) is 1.33. The highest BCUT2D eigenvalue weighted by Gasteiger charge is 2.09. The molecule has 0 spiro atoms. The van der Waals surface area contributed by atoms with Gasteiger partial charge in [-0.2, -0.15) is 0 Å². The van der Waals surface area contributed by atoms with Gasteiger partial charge in [0.2, 0.25) is 5.89 Å². The van der Waals surface area contributed by atoms with Crippen LogP contribution < -0.4 is 10.2 Å². The second kappa shape index (κ2) is 7.22. The van der Waals surface area contributed by atoms with Gasteiger partial charge in [0.1, 0.15) is 0 Å². The summed E-state index contributed by atoms with van der Waals surface area (Å²) in [6.45, 7) is 6.89. The van der Waals surface area contributed by atoms with Crippen molar-refractivity contribution in [2.24, 2.45) is 0 Å². The van der Waals surface area contributed by atoms with E-state index in [9.17, 15) is 0 Å². The van der Waals surface area contributed by atoms with Crippen molar-refractivity contribution in [2.45, 2.75) is 39.7 Å². The summed E-state index contributed by atoms with van der Waals surface area (Å²) < 4.78 is 5.53. The molecule has 1 rings (SSSR count). The molecule has 1 aromatic rings. The highest BCUT2D eigenvalue weighted by molar-refractivity contribution is 5.21. The van der Waals surface area contributed by atoms with Crippen LogP contribution >= 0.6 is 0 Å². The van der Waals surface area contributed by atoms with Gasteiger partial charge in [0.15, 0.2) is 0 Å². The van der Waals surface area contributed by atoms with Crippen LogP contribution in [-0.4, -0.2) is 30.3 Å². The average Bonchev–Trinajstić information content (AvgIpc) is 2.75. The quantitative estimate of drug-likeness (QED) is 0.685. The summed E-state index contributed by atoms with van der Waals surface area (Å²) in [5.41, 5.74) is 0. The molecule has 0 aliphatic rings. The molecule has 0 saturated heterocycles. The third-order valence-electron chi connectivity index (χ3n) is 2.33. The van der Waals surface area contributed by atoms with E-state index < -0.39 is 0 Å². The van der Waals surface area contributed by atoms with Gasteiger partial charge < -0.3 is 14.6 Å². The highest BCUT2D eigenvalue weighted by atomic mass is 16.4. The van der Waals surface area contributed by atoms with Crippen molar-refractivity contribution >= 4 is 6.01 Å². The predicted octanol–water partition coefficient (Wildman–Crippen LogP) is 1.81. The van der Waals surface area contributed by atoms with Crippen molar-refractivity contribution in [3.63, 3.8) is 0 Å². The summed E-state index contributed by atoms with van der Waals surface area (Å²) in [6.07, 6.45) is 3.42. The smallest absolute Gasteiger partial charge is 0.317 e. The maximum absolute atomic E-state index is 5.53. The molecular weight excluding hydrogens is 204 g/mol. The Balaban J connectivity index is 2.37. The lowest BCUT2D eigenvalue weighted by Crippen LogP contribution is -2.18. The molecule has 92 valence electrons. The lowest BCUT2D eigenvalue weighted by atomic mass is 10.3. The largest absolute Gasteiger partial charge is 0.407 e. The van der Waals surface area contributed by atoms with Gasteiger partial charge in [0.25, 0.3) is 0 Å². The maximum atomic E-state index is 5.53. The first kappa shape index (κ1) is 13.0. The Morgan fingerprint density at radius 2 is 2.06 bits per heavy atom. The van der Waals surface area contributed by atoms with Gasteiger partial charge in [-0.05, 0) is 19.4 Å². The van der Waals surface area contributed by atoms with Crippen LogP contribution in [0.15, 0.2) is 4.42 Å². The van der Waals surface area contributed by atoms with Gasteiger partial charge >= 0.3 is 6.01 Å². The predicted molar refractivity (Wildman–Crippen MR) is 64.5 cm³/mol. The van der Waals surface area contributed by atoms with Crippen molar-refractivity contribution in [3.8, 4) is 0 Å². The van der Waals surface area contributed by atoms with E-state index in [1.165, 1.54) is 6.42 Å². The van der Waals surface area contributed by atoms with Crippen molar-refractivity contribution in [1.29, 1.82) is 0 Å². The number of rotatable bonds is 8. The zero-order valence-electron chi connectivity index (χ0n) is 10.5. The summed E-state index contributed by atoms with van der Waals surface area (Å²) in [5.74, 6) is 0.659. The van der Waals surface area contributed by atoms with Gasteiger partial charge in [-0.3, -0.25) is 0 Å². The monoisotopic (exact) mass is 226 g/mol. The molecule has 0 aliphatic carbocycles. The second-order valence-corrected chi connectivity index (χ2v) is 3.93. The van der Waals surface area contributed by atoms with E-state index >= 15 is 0 Å². The summed E-state index contributed by atoms with van der Waals surface area (Å²) in [6, 6.07) is 0.613. The molecule has 0 bridgehead atoms. The lowest BCUT2D eigenvalue weighted by Gasteiger charge is -2.12. The molecule has 5 heteroatoms. The molecule has 0 aromatic carbocycles. The highest BCUT2D eigenvalue weighted by Crippen LogP contribution is 2.10. The molecule has 1 aromatic heterocycles. The Kier molecular flexibility index (Phi) is 5.85. The molecule has 1 N–H and O–H groups in total. The molecule has 0 amide bonds. The van der Waals surface area contributed by atoms with Crippen molar-refractivity contribution in [2.75, 3.05) is 25.0 Å². The van der Waals surface area contributed by atoms with E-state index in [0.29, 0.717) is 18.5 Å². The lowest BCUT2D eigenvalue weighted by molar-refractivity contribution is 0.464. The van der Waals surface area contributed by atoms with Crippen molar-refractivity contribution in [1.82, 2.24) is 15.5 Å². The van der Waals surface area contributed by atoms with E-state index in [2.05, 4.69) is 29.4 Å². The summed E-state index contributed by atoms with van der Waals surface area (Å²) in [4.78, 5) is 2.00. The van der Waals surface area contributed by atoms with Gasteiger partial charge in [0, 0.05) is 13.6 Å². The SMILES string of the molecule is CCCCN(C)c1nnc(CNCCC)o1. The van der Waals surface area contributed by atoms with Crippen LogP contribution in [-0.2, 0) is 6.54 Å². The first-order valence-electron chi connectivity index (χ1n) is 6.02.